The van der Waals surface area contributed by atoms with Crippen LogP contribution in [0.4, 0.5) is 5.69 Å². The van der Waals surface area contributed by atoms with Gasteiger partial charge in [-0.25, -0.2) is 4.98 Å². The predicted octanol–water partition coefficient (Wildman–Crippen LogP) is 4.16. The van der Waals surface area contributed by atoms with Crippen molar-refractivity contribution in [3.63, 3.8) is 0 Å². The number of pyridine rings is 2. The molecule has 5 rings (SSSR count). The van der Waals surface area contributed by atoms with Crippen molar-refractivity contribution >= 4 is 27.6 Å². The SMILES string of the molecule is c1cc(N2CCCCC2)c2cc(-c3cnc4[nH]ncc4c3)ccc2n1. The van der Waals surface area contributed by atoms with E-state index in [2.05, 4.69) is 55.4 Å². The molecule has 0 radical (unpaired) electrons. The number of fused-ring (bicyclic) bond motifs is 2. The summed E-state index contributed by atoms with van der Waals surface area (Å²) in [5.74, 6) is 0. The summed E-state index contributed by atoms with van der Waals surface area (Å²) in [7, 11) is 0. The van der Waals surface area contributed by atoms with E-state index in [1.54, 1.807) is 0 Å². The highest BCUT2D eigenvalue weighted by Gasteiger charge is 2.14. The molecule has 3 aromatic heterocycles. The van der Waals surface area contributed by atoms with E-state index in [1.165, 1.54) is 30.3 Å². The molecule has 0 bridgehead atoms. The van der Waals surface area contributed by atoms with Gasteiger partial charge in [0.2, 0.25) is 0 Å². The van der Waals surface area contributed by atoms with Gasteiger partial charge in [0.25, 0.3) is 0 Å². The van der Waals surface area contributed by atoms with E-state index in [1.807, 2.05) is 18.6 Å². The van der Waals surface area contributed by atoms with Gasteiger partial charge in [-0.05, 0) is 49.1 Å². The van der Waals surface area contributed by atoms with Gasteiger partial charge in [-0.2, -0.15) is 5.10 Å². The summed E-state index contributed by atoms with van der Waals surface area (Å²) in [6, 6.07) is 10.8. The first-order valence-electron chi connectivity index (χ1n) is 8.82. The summed E-state index contributed by atoms with van der Waals surface area (Å²) in [5.41, 5.74) is 5.42. The van der Waals surface area contributed by atoms with Crippen molar-refractivity contribution in [2.45, 2.75) is 19.3 Å². The molecule has 4 aromatic rings. The Morgan fingerprint density at radius 3 is 2.72 bits per heavy atom. The first-order valence-corrected chi connectivity index (χ1v) is 8.82. The highest BCUT2D eigenvalue weighted by molar-refractivity contribution is 5.95. The fourth-order valence-corrected chi connectivity index (χ4v) is 3.72. The van der Waals surface area contributed by atoms with Crippen molar-refractivity contribution in [2.75, 3.05) is 18.0 Å². The van der Waals surface area contributed by atoms with Gasteiger partial charge in [0.05, 0.1) is 11.7 Å². The van der Waals surface area contributed by atoms with Crippen molar-refractivity contribution < 1.29 is 0 Å². The number of hydrogen-bond donors (Lipinski definition) is 1. The standard InChI is InChI=1S/C20H19N5/c1-2-8-25(9-3-1)19-6-7-21-18-5-4-14(11-17(18)19)15-10-16-13-23-24-20(16)22-12-15/h4-7,10-13H,1-3,8-9H2,(H,22,23,24). The van der Waals surface area contributed by atoms with Crippen molar-refractivity contribution in [3.8, 4) is 11.1 Å². The van der Waals surface area contributed by atoms with E-state index in [0.29, 0.717) is 0 Å². The van der Waals surface area contributed by atoms with Crippen LogP contribution in [-0.4, -0.2) is 33.3 Å². The number of nitrogens with zero attached hydrogens (tertiary/aromatic N) is 4. The van der Waals surface area contributed by atoms with E-state index in [0.717, 1.165) is 40.8 Å². The van der Waals surface area contributed by atoms with Gasteiger partial charge in [-0.3, -0.25) is 10.1 Å². The molecular weight excluding hydrogens is 310 g/mol. The Morgan fingerprint density at radius 2 is 1.80 bits per heavy atom. The molecule has 0 saturated carbocycles. The van der Waals surface area contributed by atoms with Gasteiger partial charge in [-0.1, -0.05) is 6.07 Å². The topological polar surface area (TPSA) is 57.7 Å². The lowest BCUT2D eigenvalue weighted by Crippen LogP contribution is -2.29. The minimum Gasteiger partial charge on any atom is -0.371 e. The van der Waals surface area contributed by atoms with E-state index in [-0.39, 0.29) is 0 Å². The first kappa shape index (κ1) is 14.4. The quantitative estimate of drug-likeness (QED) is 0.600. The second kappa shape index (κ2) is 5.84. The smallest absolute Gasteiger partial charge is 0.155 e. The Hall–Kier alpha value is -2.95. The molecule has 0 unspecified atom stereocenters. The average molecular weight is 329 g/mol. The highest BCUT2D eigenvalue weighted by Crippen LogP contribution is 2.32. The lowest BCUT2D eigenvalue weighted by atomic mass is 10.0. The van der Waals surface area contributed by atoms with Crippen LogP contribution >= 0.6 is 0 Å². The monoisotopic (exact) mass is 329 g/mol. The number of hydrogen-bond acceptors (Lipinski definition) is 4. The maximum Gasteiger partial charge on any atom is 0.155 e. The molecule has 1 fully saturated rings. The Kier molecular flexibility index (Phi) is 3.37. The molecule has 0 atom stereocenters. The van der Waals surface area contributed by atoms with Gasteiger partial charge in [0.15, 0.2) is 5.65 Å². The first-order chi connectivity index (χ1) is 12.4. The van der Waals surface area contributed by atoms with Crippen LogP contribution in [0.2, 0.25) is 0 Å². The number of rotatable bonds is 2. The fraction of sp³-hybridized carbons (Fsp3) is 0.250. The normalized spacial score (nSPS) is 15.1. The van der Waals surface area contributed by atoms with Gasteiger partial charge in [-0.15, -0.1) is 0 Å². The lowest BCUT2D eigenvalue weighted by molar-refractivity contribution is 0.579. The third-order valence-corrected chi connectivity index (χ3v) is 5.04. The molecule has 1 aliphatic heterocycles. The van der Waals surface area contributed by atoms with Crippen molar-refractivity contribution in [3.05, 3.63) is 48.9 Å². The maximum atomic E-state index is 4.56. The summed E-state index contributed by atoms with van der Waals surface area (Å²) in [4.78, 5) is 11.5. The molecule has 1 aliphatic rings. The van der Waals surface area contributed by atoms with E-state index in [4.69, 9.17) is 0 Å². The molecule has 124 valence electrons. The molecule has 0 amide bonds. The molecule has 1 N–H and O–H groups in total. The maximum absolute atomic E-state index is 4.56. The van der Waals surface area contributed by atoms with Crippen LogP contribution in [0, 0.1) is 0 Å². The van der Waals surface area contributed by atoms with E-state index >= 15 is 0 Å². The number of piperidine rings is 1. The number of aromatic amines is 1. The molecule has 1 aromatic carbocycles. The Balaban J connectivity index is 1.64. The van der Waals surface area contributed by atoms with E-state index < -0.39 is 0 Å². The van der Waals surface area contributed by atoms with Crippen molar-refractivity contribution in [2.24, 2.45) is 0 Å². The van der Waals surface area contributed by atoms with Crippen LogP contribution in [0.5, 0.6) is 0 Å². The minimum absolute atomic E-state index is 0.820. The number of benzene rings is 1. The van der Waals surface area contributed by atoms with Gasteiger partial charge < -0.3 is 4.90 Å². The van der Waals surface area contributed by atoms with Crippen molar-refractivity contribution in [1.29, 1.82) is 0 Å². The minimum atomic E-state index is 0.820. The third kappa shape index (κ3) is 2.52. The summed E-state index contributed by atoms with van der Waals surface area (Å²) < 4.78 is 0. The number of aromatic nitrogens is 4. The van der Waals surface area contributed by atoms with Gasteiger partial charge in [0.1, 0.15) is 0 Å². The molecule has 0 spiro atoms. The Bertz CT molecular complexity index is 1050. The summed E-state index contributed by atoms with van der Waals surface area (Å²) in [5, 5.41) is 9.20. The molecule has 4 heterocycles. The van der Waals surface area contributed by atoms with Gasteiger partial charge >= 0.3 is 0 Å². The van der Waals surface area contributed by atoms with Crippen LogP contribution in [0.25, 0.3) is 33.1 Å². The zero-order chi connectivity index (χ0) is 16.6. The summed E-state index contributed by atoms with van der Waals surface area (Å²) in [6.45, 7) is 2.26. The Morgan fingerprint density at radius 1 is 0.880 bits per heavy atom. The zero-order valence-corrected chi connectivity index (χ0v) is 13.9. The van der Waals surface area contributed by atoms with Crippen LogP contribution in [0.3, 0.4) is 0 Å². The second-order valence-corrected chi connectivity index (χ2v) is 6.64. The molecule has 25 heavy (non-hydrogen) atoms. The fourth-order valence-electron chi connectivity index (χ4n) is 3.72. The van der Waals surface area contributed by atoms with Crippen LogP contribution < -0.4 is 4.90 Å². The van der Waals surface area contributed by atoms with Crippen LogP contribution in [0.15, 0.2) is 48.9 Å². The Labute approximate surface area is 145 Å². The van der Waals surface area contributed by atoms with Gasteiger partial charge in [0, 0.05) is 47.5 Å². The second-order valence-electron chi connectivity index (χ2n) is 6.64. The number of anilines is 1. The molecule has 5 nitrogen and oxygen atoms in total. The average Bonchev–Trinajstić information content (AvgIpc) is 3.15. The van der Waals surface area contributed by atoms with Crippen molar-refractivity contribution in [1.82, 2.24) is 20.2 Å². The van der Waals surface area contributed by atoms with Crippen LogP contribution in [-0.2, 0) is 0 Å². The molecule has 0 aliphatic carbocycles. The van der Waals surface area contributed by atoms with Crippen LogP contribution in [0.1, 0.15) is 19.3 Å². The largest absolute Gasteiger partial charge is 0.371 e. The number of nitrogens with one attached hydrogen (secondary N) is 1. The highest BCUT2D eigenvalue weighted by atomic mass is 15.1. The lowest BCUT2D eigenvalue weighted by Gasteiger charge is -2.29. The molecular formula is C20H19N5. The number of H-pyrrole nitrogens is 1. The summed E-state index contributed by atoms with van der Waals surface area (Å²) in [6.07, 6.45) is 9.51. The van der Waals surface area contributed by atoms with E-state index in [9.17, 15) is 0 Å². The predicted molar refractivity (Wildman–Crippen MR) is 101 cm³/mol. The molecule has 1 saturated heterocycles. The zero-order valence-electron chi connectivity index (χ0n) is 13.9. The third-order valence-electron chi connectivity index (χ3n) is 5.04. The summed E-state index contributed by atoms with van der Waals surface area (Å²) >= 11 is 0. The molecule has 5 heteroatoms.